The molecule has 2 aliphatic rings. The number of carbonyl (C=O) groups is 1. The predicted octanol–water partition coefficient (Wildman–Crippen LogP) is 0.0543. The molecule has 0 aromatic carbocycles. The SMILES string of the molecule is CC1(C(=O)NCc2cc3n(n2)CCCN(S(C)(=O)=O)C3)CCCNC1. The summed E-state index contributed by atoms with van der Waals surface area (Å²) in [4.78, 5) is 12.5. The highest BCUT2D eigenvalue weighted by atomic mass is 32.2. The summed E-state index contributed by atoms with van der Waals surface area (Å²) >= 11 is 0. The van der Waals surface area contributed by atoms with E-state index in [1.54, 1.807) is 0 Å². The zero-order valence-electron chi connectivity index (χ0n) is 14.9. The van der Waals surface area contributed by atoms with E-state index in [2.05, 4.69) is 15.7 Å². The van der Waals surface area contributed by atoms with Crippen LogP contribution in [-0.4, -0.2) is 54.3 Å². The minimum Gasteiger partial charge on any atom is -0.350 e. The molecule has 8 nitrogen and oxygen atoms in total. The van der Waals surface area contributed by atoms with Crippen molar-refractivity contribution < 1.29 is 13.2 Å². The molecule has 1 aromatic rings. The van der Waals surface area contributed by atoms with Gasteiger partial charge in [-0.3, -0.25) is 9.48 Å². The highest BCUT2D eigenvalue weighted by Gasteiger charge is 2.34. The lowest BCUT2D eigenvalue weighted by atomic mass is 9.82. The molecular formula is C16H27N5O3S. The van der Waals surface area contributed by atoms with Gasteiger partial charge in [-0.2, -0.15) is 9.40 Å². The lowest BCUT2D eigenvalue weighted by Crippen LogP contribution is -2.48. The van der Waals surface area contributed by atoms with Gasteiger partial charge in [0.05, 0.1) is 36.1 Å². The van der Waals surface area contributed by atoms with Gasteiger partial charge in [-0.05, 0) is 38.8 Å². The van der Waals surface area contributed by atoms with Crippen LogP contribution in [0.15, 0.2) is 6.07 Å². The summed E-state index contributed by atoms with van der Waals surface area (Å²) in [5, 5.41) is 10.8. The first-order chi connectivity index (χ1) is 11.8. The van der Waals surface area contributed by atoms with Crippen LogP contribution in [0, 0.1) is 5.41 Å². The van der Waals surface area contributed by atoms with Crippen LogP contribution in [0.25, 0.3) is 0 Å². The Kier molecular flexibility index (Phi) is 5.17. The molecule has 0 bridgehead atoms. The van der Waals surface area contributed by atoms with E-state index in [0.717, 1.165) is 37.2 Å². The third-order valence-electron chi connectivity index (χ3n) is 5.07. The van der Waals surface area contributed by atoms with E-state index < -0.39 is 10.0 Å². The minimum absolute atomic E-state index is 0.0423. The van der Waals surface area contributed by atoms with Gasteiger partial charge < -0.3 is 10.6 Å². The summed E-state index contributed by atoms with van der Waals surface area (Å²) in [6.07, 6.45) is 3.86. The topological polar surface area (TPSA) is 96.3 Å². The fourth-order valence-electron chi connectivity index (χ4n) is 3.50. The van der Waals surface area contributed by atoms with Crippen molar-refractivity contribution in [2.75, 3.05) is 25.9 Å². The van der Waals surface area contributed by atoms with E-state index in [0.29, 0.717) is 32.7 Å². The largest absolute Gasteiger partial charge is 0.350 e. The van der Waals surface area contributed by atoms with Gasteiger partial charge in [0.25, 0.3) is 0 Å². The van der Waals surface area contributed by atoms with Gasteiger partial charge in [0.15, 0.2) is 0 Å². The maximum absolute atomic E-state index is 12.5. The molecule has 1 fully saturated rings. The third kappa shape index (κ3) is 4.21. The average Bonchev–Trinajstić information content (AvgIpc) is 2.82. The van der Waals surface area contributed by atoms with E-state index in [1.165, 1.54) is 10.6 Å². The highest BCUT2D eigenvalue weighted by Crippen LogP contribution is 2.25. The molecule has 3 heterocycles. The first-order valence-corrected chi connectivity index (χ1v) is 10.6. The average molecular weight is 369 g/mol. The molecule has 1 aromatic heterocycles. The Bertz CT molecular complexity index is 737. The van der Waals surface area contributed by atoms with Gasteiger partial charge >= 0.3 is 0 Å². The first kappa shape index (κ1) is 18.3. The summed E-state index contributed by atoms with van der Waals surface area (Å²) in [6, 6.07) is 1.89. The van der Waals surface area contributed by atoms with Crippen molar-refractivity contribution in [2.45, 2.75) is 45.8 Å². The lowest BCUT2D eigenvalue weighted by Gasteiger charge is -2.32. The molecule has 1 atom stereocenters. The Hall–Kier alpha value is -1.45. The number of nitrogens with one attached hydrogen (secondary N) is 2. The van der Waals surface area contributed by atoms with E-state index in [-0.39, 0.29) is 11.3 Å². The van der Waals surface area contributed by atoms with Crippen molar-refractivity contribution in [3.8, 4) is 0 Å². The summed E-state index contributed by atoms with van der Waals surface area (Å²) in [6.45, 7) is 5.56. The van der Waals surface area contributed by atoms with Crippen molar-refractivity contribution in [3.63, 3.8) is 0 Å². The van der Waals surface area contributed by atoms with Crippen LogP contribution in [-0.2, 0) is 34.5 Å². The number of carbonyl (C=O) groups excluding carboxylic acids is 1. The highest BCUT2D eigenvalue weighted by molar-refractivity contribution is 7.88. The zero-order chi connectivity index (χ0) is 18.1. The van der Waals surface area contributed by atoms with Crippen LogP contribution in [0.1, 0.15) is 37.6 Å². The van der Waals surface area contributed by atoms with Crippen LogP contribution in [0.5, 0.6) is 0 Å². The molecular weight excluding hydrogens is 342 g/mol. The molecule has 9 heteroatoms. The summed E-state index contributed by atoms with van der Waals surface area (Å²) in [7, 11) is -3.22. The molecule has 25 heavy (non-hydrogen) atoms. The van der Waals surface area contributed by atoms with Crippen LogP contribution < -0.4 is 10.6 Å². The lowest BCUT2D eigenvalue weighted by molar-refractivity contribution is -0.131. The smallest absolute Gasteiger partial charge is 0.227 e. The standard InChI is InChI=1S/C16H27N5O3S/c1-16(5-3-6-17-12-16)15(22)18-10-13-9-14-11-20(25(2,23)24)7-4-8-21(14)19-13/h9,17H,3-8,10-12H2,1-2H3,(H,18,22). The van der Waals surface area contributed by atoms with E-state index in [9.17, 15) is 13.2 Å². The Morgan fingerprint density at radius 2 is 2.20 bits per heavy atom. The maximum Gasteiger partial charge on any atom is 0.227 e. The summed E-state index contributed by atoms with van der Waals surface area (Å²) < 4.78 is 27.0. The number of aromatic nitrogens is 2. The van der Waals surface area contributed by atoms with Gasteiger partial charge in [-0.25, -0.2) is 8.42 Å². The Morgan fingerprint density at radius 3 is 2.88 bits per heavy atom. The molecule has 2 aliphatic heterocycles. The number of aryl methyl sites for hydroxylation is 1. The van der Waals surface area contributed by atoms with Gasteiger partial charge in [0, 0.05) is 19.6 Å². The second kappa shape index (κ2) is 7.05. The molecule has 1 unspecified atom stereocenters. The zero-order valence-corrected chi connectivity index (χ0v) is 15.7. The number of rotatable bonds is 4. The van der Waals surface area contributed by atoms with Crippen LogP contribution >= 0.6 is 0 Å². The number of hydrogen-bond acceptors (Lipinski definition) is 5. The monoisotopic (exact) mass is 369 g/mol. The number of nitrogens with zero attached hydrogens (tertiary/aromatic N) is 3. The number of hydrogen-bond donors (Lipinski definition) is 2. The fourth-order valence-corrected chi connectivity index (χ4v) is 4.32. The van der Waals surface area contributed by atoms with Crippen molar-refractivity contribution in [3.05, 3.63) is 17.5 Å². The van der Waals surface area contributed by atoms with Crippen LogP contribution in [0.3, 0.4) is 0 Å². The molecule has 1 amide bonds. The van der Waals surface area contributed by atoms with Gasteiger partial charge in [-0.15, -0.1) is 0 Å². The molecule has 0 spiro atoms. The molecule has 0 saturated carbocycles. The molecule has 0 radical (unpaired) electrons. The Balaban J connectivity index is 1.64. The fraction of sp³-hybridized carbons (Fsp3) is 0.750. The van der Waals surface area contributed by atoms with Crippen LogP contribution in [0.2, 0.25) is 0 Å². The van der Waals surface area contributed by atoms with Crippen molar-refractivity contribution in [1.29, 1.82) is 0 Å². The Morgan fingerprint density at radius 1 is 1.40 bits per heavy atom. The van der Waals surface area contributed by atoms with Crippen molar-refractivity contribution in [1.82, 2.24) is 24.7 Å². The quantitative estimate of drug-likeness (QED) is 0.782. The number of sulfonamides is 1. The summed E-state index contributed by atoms with van der Waals surface area (Å²) in [5.41, 5.74) is 1.27. The normalized spacial score (nSPS) is 25.2. The van der Waals surface area contributed by atoms with E-state index >= 15 is 0 Å². The number of fused-ring (bicyclic) bond motifs is 1. The molecule has 1 saturated heterocycles. The predicted molar refractivity (Wildman–Crippen MR) is 94.2 cm³/mol. The summed E-state index contributed by atoms with van der Waals surface area (Å²) in [5.74, 6) is 0.0423. The van der Waals surface area contributed by atoms with Gasteiger partial charge in [0.2, 0.25) is 15.9 Å². The first-order valence-electron chi connectivity index (χ1n) is 8.78. The molecule has 3 rings (SSSR count). The van der Waals surface area contributed by atoms with Gasteiger partial charge in [-0.1, -0.05) is 0 Å². The minimum atomic E-state index is -3.22. The van der Waals surface area contributed by atoms with Crippen molar-refractivity contribution in [2.24, 2.45) is 5.41 Å². The van der Waals surface area contributed by atoms with E-state index in [4.69, 9.17) is 0 Å². The second-order valence-electron chi connectivity index (χ2n) is 7.32. The number of piperidine rings is 1. The van der Waals surface area contributed by atoms with Gasteiger partial charge in [0.1, 0.15) is 0 Å². The maximum atomic E-state index is 12.5. The molecule has 2 N–H and O–H groups in total. The van der Waals surface area contributed by atoms with Crippen molar-refractivity contribution >= 4 is 15.9 Å². The van der Waals surface area contributed by atoms with Crippen LogP contribution in [0.4, 0.5) is 0 Å². The third-order valence-corrected chi connectivity index (χ3v) is 6.32. The molecule has 0 aliphatic carbocycles. The molecule has 140 valence electrons. The second-order valence-corrected chi connectivity index (χ2v) is 9.31. The van der Waals surface area contributed by atoms with E-state index in [1.807, 2.05) is 17.7 Å². The Labute approximate surface area is 149 Å². The number of amides is 1.